The third-order valence-corrected chi connectivity index (χ3v) is 12.8. The Labute approximate surface area is 321 Å². The summed E-state index contributed by atoms with van der Waals surface area (Å²) in [5, 5.41) is 10.3. The average molecular weight is 697 g/mol. The van der Waals surface area contributed by atoms with Crippen molar-refractivity contribution in [2.75, 3.05) is 0 Å². The Kier molecular flexibility index (Phi) is 6.21. The lowest BCUT2D eigenvalue weighted by molar-refractivity contribution is 0.660. The molecule has 0 aliphatic heterocycles. The van der Waals surface area contributed by atoms with E-state index in [1.54, 1.807) is 0 Å². The summed E-state index contributed by atoms with van der Waals surface area (Å²) in [5.41, 5.74) is 18.3. The molecule has 0 saturated heterocycles. The van der Waals surface area contributed by atoms with Crippen molar-refractivity contribution >= 4 is 43.1 Å². The van der Waals surface area contributed by atoms with E-state index in [2.05, 4.69) is 196 Å². The molecular formula is C55H36. The molecule has 55 heavy (non-hydrogen) atoms. The molecule has 0 amide bonds. The molecule has 0 heterocycles. The maximum atomic E-state index is 2.49. The van der Waals surface area contributed by atoms with Crippen molar-refractivity contribution in [1.29, 1.82) is 0 Å². The molecule has 0 bridgehead atoms. The minimum absolute atomic E-state index is 0.0844. The van der Waals surface area contributed by atoms with Crippen LogP contribution in [0, 0.1) is 0 Å². The summed E-state index contributed by atoms with van der Waals surface area (Å²) in [4.78, 5) is 0. The molecule has 256 valence electrons. The van der Waals surface area contributed by atoms with E-state index in [-0.39, 0.29) is 5.41 Å². The molecule has 0 saturated carbocycles. The minimum atomic E-state index is -0.0844. The number of hydrogen-bond donors (Lipinski definition) is 0. The summed E-state index contributed by atoms with van der Waals surface area (Å²) >= 11 is 0. The van der Waals surface area contributed by atoms with Crippen molar-refractivity contribution < 1.29 is 0 Å². The fourth-order valence-corrected chi connectivity index (χ4v) is 10.2. The van der Waals surface area contributed by atoms with Crippen LogP contribution in [0.2, 0.25) is 0 Å². The van der Waals surface area contributed by atoms with E-state index in [0.29, 0.717) is 0 Å². The summed E-state index contributed by atoms with van der Waals surface area (Å²) < 4.78 is 0. The molecule has 0 fully saturated rings. The van der Waals surface area contributed by atoms with Gasteiger partial charge in [0, 0.05) is 5.41 Å². The molecule has 12 rings (SSSR count). The fraction of sp³-hybridized carbons (Fsp3) is 0.0545. The van der Waals surface area contributed by atoms with E-state index in [0.717, 1.165) is 0 Å². The van der Waals surface area contributed by atoms with E-state index in [1.807, 2.05) is 0 Å². The maximum absolute atomic E-state index is 2.49. The van der Waals surface area contributed by atoms with Gasteiger partial charge in [0.25, 0.3) is 0 Å². The highest BCUT2D eigenvalue weighted by atomic mass is 14.4. The topological polar surface area (TPSA) is 0 Å². The van der Waals surface area contributed by atoms with Gasteiger partial charge in [0.2, 0.25) is 0 Å². The van der Waals surface area contributed by atoms with Crippen LogP contribution in [0.25, 0.3) is 110 Å². The van der Waals surface area contributed by atoms with Crippen LogP contribution >= 0.6 is 0 Å². The van der Waals surface area contributed by atoms with E-state index < -0.39 is 0 Å². The molecular weight excluding hydrogens is 661 g/mol. The molecule has 0 aromatic heterocycles. The second kappa shape index (κ2) is 11.1. The van der Waals surface area contributed by atoms with Crippen LogP contribution in [-0.4, -0.2) is 0 Å². The zero-order chi connectivity index (χ0) is 36.4. The van der Waals surface area contributed by atoms with Crippen LogP contribution in [0.1, 0.15) is 25.0 Å². The van der Waals surface area contributed by atoms with E-state index in [9.17, 15) is 0 Å². The van der Waals surface area contributed by atoms with Gasteiger partial charge in [-0.25, -0.2) is 0 Å². The molecule has 10 aromatic rings. The first-order valence-corrected chi connectivity index (χ1v) is 19.4. The van der Waals surface area contributed by atoms with Crippen LogP contribution in [0.5, 0.6) is 0 Å². The van der Waals surface area contributed by atoms with Crippen LogP contribution in [-0.2, 0) is 5.41 Å². The van der Waals surface area contributed by atoms with Crippen molar-refractivity contribution in [3.8, 4) is 66.8 Å². The Balaban J connectivity index is 1.18. The molecule has 0 N–H and O–H groups in total. The first-order valence-electron chi connectivity index (χ1n) is 19.4. The number of benzene rings is 10. The van der Waals surface area contributed by atoms with Gasteiger partial charge in [0.15, 0.2) is 0 Å². The first-order chi connectivity index (χ1) is 27.0. The highest BCUT2D eigenvalue weighted by Crippen LogP contribution is 2.54. The largest absolute Gasteiger partial charge is 0.0619 e. The van der Waals surface area contributed by atoms with Gasteiger partial charge in [-0.1, -0.05) is 178 Å². The standard InChI is InChI=1S/C55H36/c1-55(2)50-21-10-9-16-40(50)41-26-25-37(32-51(41)55)52-43-17-7-8-18-44(43)54(47-29-28-46-39-15-6-5-14-38(39)42-19-11-20-45(47)53(42)46)49-31-36(24-27-48(49)52)35-23-22-33-12-3-4-13-34(33)30-35/h3-32H,1-2H3. The van der Waals surface area contributed by atoms with E-state index >= 15 is 0 Å². The minimum Gasteiger partial charge on any atom is -0.0619 e. The summed E-state index contributed by atoms with van der Waals surface area (Å²) in [7, 11) is 0. The van der Waals surface area contributed by atoms with E-state index in [1.165, 1.54) is 121 Å². The lowest BCUT2D eigenvalue weighted by Gasteiger charge is -2.23. The number of rotatable bonds is 3. The SMILES string of the molecule is CC1(C)c2ccccc2-c2ccc(-c3c4ccccc4c(-c4ccc5c6c(cccc46)-c4ccccc4-5)c4cc(-c5ccc6ccccc6c5)ccc34)cc21. The fourth-order valence-electron chi connectivity index (χ4n) is 10.2. The number of hydrogen-bond acceptors (Lipinski definition) is 0. The monoisotopic (exact) mass is 696 g/mol. The summed E-state index contributed by atoms with van der Waals surface area (Å²) in [6, 6.07) is 68.5. The lowest BCUT2D eigenvalue weighted by Crippen LogP contribution is -2.14. The Morgan fingerprint density at radius 2 is 0.836 bits per heavy atom. The van der Waals surface area contributed by atoms with Crippen LogP contribution < -0.4 is 0 Å². The van der Waals surface area contributed by atoms with E-state index in [4.69, 9.17) is 0 Å². The van der Waals surface area contributed by atoms with Crippen molar-refractivity contribution in [3.05, 3.63) is 193 Å². The molecule has 0 atom stereocenters. The quantitative estimate of drug-likeness (QED) is 0.161. The zero-order valence-corrected chi connectivity index (χ0v) is 30.8. The van der Waals surface area contributed by atoms with Gasteiger partial charge in [-0.2, -0.15) is 0 Å². The second-order valence-electron chi connectivity index (χ2n) is 16.0. The molecule has 0 spiro atoms. The highest BCUT2D eigenvalue weighted by molar-refractivity contribution is 6.27. The molecule has 0 unspecified atom stereocenters. The highest BCUT2D eigenvalue weighted by Gasteiger charge is 2.35. The third-order valence-electron chi connectivity index (χ3n) is 12.8. The lowest BCUT2D eigenvalue weighted by atomic mass is 9.80. The smallest absolute Gasteiger partial charge is 0.0159 e. The van der Waals surface area contributed by atoms with Gasteiger partial charge in [0.1, 0.15) is 0 Å². The summed E-state index contributed by atoms with van der Waals surface area (Å²) in [5.74, 6) is 0. The molecule has 0 radical (unpaired) electrons. The van der Waals surface area contributed by atoms with Crippen LogP contribution in [0.3, 0.4) is 0 Å². The van der Waals surface area contributed by atoms with Crippen molar-refractivity contribution in [1.82, 2.24) is 0 Å². The Bertz CT molecular complexity index is 3250. The van der Waals surface area contributed by atoms with Gasteiger partial charge in [0.05, 0.1) is 0 Å². The first kappa shape index (κ1) is 30.7. The zero-order valence-electron chi connectivity index (χ0n) is 30.8. The Morgan fingerprint density at radius 3 is 1.67 bits per heavy atom. The van der Waals surface area contributed by atoms with Crippen LogP contribution in [0.4, 0.5) is 0 Å². The van der Waals surface area contributed by atoms with Crippen molar-refractivity contribution in [2.45, 2.75) is 19.3 Å². The van der Waals surface area contributed by atoms with Gasteiger partial charge < -0.3 is 0 Å². The molecule has 2 aliphatic carbocycles. The average Bonchev–Trinajstić information content (AvgIpc) is 3.68. The van der Waals surface area contributed by atoms with Gasteiger partial charge in [-0.15, -0.1) is 0 Å². The molecule has 0 nitrogen and oxygen atoms in total. The van der Waals surface area contributed by atoms with Gasteiger partial charge in [-0.05, 0) is 139 Å². The van der Waals surface area contributed by atoms with Gasteiger partial charge in [-0.3, -0.25) is 0 Å². The maximum Gasteiger partial charge on any atom is 0.0159 e. The molecule has 10 aromatic carbocycles. The summed E-state index contributed by atoms with van der Waals surface area (Å²) in [6.07, 6.45) is 0. The normalized spacial score (nSPS) is 13.4. The van der Waals surface area contributed by atoms with Gasteiger partial charge >= 0.3 is 0 Å². The molecule has 0 heteroatoms. The Hall–Kier alpha value is -6.76. The van der Waals surface area contributed by atoms with Crippen LogP contribution in [0.15, 0.2) is 182 Å². The van der Waals surface area contributed by atoms with Crippen molar-refractivity contribution in [2.24, 2.45) is 0 Å². The second-order valence-corrected chi connectivity index (χ2v) is 16.0. The van der Waals surface area contributed by atoms with Crippen molar-refractivity contribution in [3.63, 3.8) is 0 Å². The third kappa shape index (κ3) is 4.23. The predicted molar refractivity (Wildman–Crippen MR) is 235 cm³/mol. The Morgan fingerprint density at radius 1 is 0.291 bits per heavy atom. The number of fused-ring (bicyclic) bond motifs is 9. The molecule has 2 aliphatic rings. The predicted octanol–water partition coefficient (Wildman–Crippen LogP) is 15.3. The summed E-state index contributed by atoms with van der Waals surface area (Å²) in [6.45, 7) is 4.76.